The Balaban J connectivity index is 2.03. The Morgan fingerprint density at radius 2 is 1.35 bits per heavy atom. The predicted molar refractivity (Wildman–Crippen MR) is 109 cm³/mol. The molecule has 1 unspecified atom stereocenters. The topological polar surface area (TPSA) is 46.5 Å². The molecule has 148 valence electrons. The molecule has 3 nitrogen and oxygen atoms in total. The lowest BCUT2D eigenvalue weighted by Crippen LogP contribution is -2.26. The quantitative estimate of drug-likeness (QED) is 0.306. The van der Waals surface area contributed by atoms with Crippen molar-refractivity contribution < 1.29 is 14.6 Å². The van der Waals surface area contributed by atoms with Gasteiger partial charge in [0, 0.05) is 5.02 Å². The molecule has 1 atom stereocenters. The molecule has 0 aliphatic heterocycles. The molecule has 0 spiro atoms. The van der Waals surface area contributed by atoms with Crippen LogP contribution in [0, 0.1) is 0 Å². The summed E-state index contributed by atoms with van der Waals surface area (Å²) in [7, 11) is 0. The summed E-state index contributed by atoms with van der Waals surface area (Å²) >= 11 is 5.83. The zero-order valence-corrected chi connectivity index (χ0v) is 17.0. The van der Waals surface area contributed by atoms with Gasteiger partial charge in [0.2, 0.25) is 0 Å². The third kappa shape index (κ3) is 11.4. The summed E-state index contributed by atoms with van der Waals surface area (Å²) in [6.45, 7) is 2.25. The molecule has 1 N–H and O–H groups in total. The van der Waals surface area contributed by atoms with Crippen molar-refractivity contribution in [3.8, 4) is 5.75 Å². The van der Waals surface area contributed by atoms with Crippen molar-refractivity contribution >= 4 is 17.6 Å². The van der Waals surface area contributed by atoms with E-state index in [4.69, 9.17) is 16.3 Å². The van der Waals surface area contributed by atoms with Crippen LogP contribution in [0.15, 0.2) is 24.3 Å². The molecule has 0 bridgehead atoms. The van der Waals surface area contributed by atoms with Gasteiger partial charge in [-0.25, -0.2) is 4.79 Å². The van der Waals surface area contributed by atoms with Gasteiger partial charge in [-0.05, 0) is 37.1 Å². The molecule has 1 aromatic carbocycles. The zero-order valence-electron chi connectivity index (χ0n) is 16.2. The van der Waals surface area contributed by atoms with Crippen molar-refractivity contribution in [3.05, 3.63) is 29.3 Å². The van der Waals surface area contributed by atoms with Crippen LogP contribution in [0.3, 0.4) is 0 Å². The highest BCUT2D eigenvalue weighted by atomic mass is 35.5. The Kier molecular flexibility index (Phi) is 13.1. The van der Waals surface area contributed by atoms with Gasteiger partial charge in [-0.15, -0.1) is 0 Å². The average molecular weight is 383 g/mol. The maximum Gasteiger partial charge on any atom is 0.344 e. The Morgan fingerprint density at radius 1 is 0.885 bits per heavy atom. The second-order valence-electron chi connectivity index (χ2n) is 7.08. The molecular weight excluding hydrogens is 348 g/mol. The summed E-state index contributed by atoms with van der Waals surface area (Å²) in [5, 5.41) is 9.93. The van der Waals surface area contributed by atoms with E-state index in [0.717, 1.165) is 12.8 Å². The highest BCUT2D eigenvalue weighted by Crippen LogP contribution is 2.19. The second-order valence-corrected chi connectivity index (χ2v) is 7.51. The number of halogens is 1. The molecule has 0 saturated carbocycles. The van der Waals surface area contributed by atoms with Crippen LogP contribution >= 0.6 is 11.6 Å². The molecule has 0 fully saturated rings. The standard InChI is InChI=1S/C22H35ClO3/c1-2-3-4-5-6-7-8-9-10-11-12-13-14-21(22(24)25)26-20-17-15-19(23)16-18-20/h15-18,21H,2-14H2,1H3,(H,24,25). The normalized spacial score (nSPS) is 12.1. The number of hydrogen-bond donors (Lipinski definition) is 1. The zero-order chi connectivity index (χ0) is 19.0. The van der Waals surface area contributed by atoms with Gasteiger partial charge in [-0.1, -0.05) is 89.2 Å². The summed E-state index contributed by atoms with van der Waals surface area (Å²) in [6.07, 6.45) is 15.0. The Labute approximate surface area is 164 Å². The van der Waals surface area contributed by atoms with E-state index in [1.807, 2.05) is 0 Å². The lowest BCUT2D eigenvalue weighted by Gasteiger charge is -2.15. The van der Waals surface area contributed by atoms with Gasteiger partial charge in [0.05, 0.1) is 0 Å². The molecule has 0 radical (unpaired) electrons. The van der Waals surface area contributed by atoms with Crippen LogP contribution in [0.4, 0.5) is 0 Å². The van der Waals surface area contributed by atoms with Crippen LogP contribution < -0.4 is 4.74 Å². The summed E-state index contributed by atoms with van der Waals surface area (Å²) in [4.78, 5) is 11.4. The first kappa shape index (κ1) is 22.8. The fraction of sp³-hybridized carbons (Fsp3) is 0.682. The highest BCUT2D eigenvalue weighted by molar-refractivity contribution is 6.30. The van der Waals surface area contributed by atoms with Crippen LogP contribution in [0.5, 0.6) is 5.75 Å². The van der Waals surface area contributed by atoms with Crippen LogP contribution in [-0.4, -0.2) is 17.2 Å². The van der Waals surface area contributed by atoms with Gasteiger partial charge in [-0.2, -0.15) is 0 Å². The van der Waals surface area contributed by atoms with E-state index in [1.165, 1.54) is 64.2 Å². The number of rotatable bonds is 16. The van der Waals surface area contributed by atoms with E-state index < -0.39 is 12.1 Å². The molecule has 0 aromatic heterocycles. The highest BCUT2D eigenvalue weighted by Gasteiger charge is 2.18. The van der Waals surface area contributed by atoms with Gasteiger partial charge in [0.1, 0.15) is 5.75 Å². The molecule has 1 rings (SSSR count). The molecule has 0 heterocycles. The summed E-state index contributed by atoms with van der Waals surface area (Å²) in [5.74, 6) is -0.344. The molecular formula is C22H35ClO3. The van der Waals surface area contributed by atoms with Gasteiger partial charge in [-0.3, -0.25) is 0 Å². The van der Waals surface area contributed by atoms with Crippen molar-refractivity contribution in [1.29, 1.82) is 0 Å². The van der Waals surface area contributed by atoms with Gasteiger partial charge in [0.25, 0.3) is 0 Å². The van der Waals surface area contributed by atoms with E-state index in [9.17, 15) is 9.90 Å². The second kappa shape index (κ2) is 14.9. The first-order valence-corrected chi connectivity index (χ1v) is 10.7. The monoisotopic (exact) mass is 382 g/mol. The molecule has 0 amide bonds. The molecule has 0 aliphatic carbocycles. The Hall–Kier alpha value is -1.22. The number of benzene rings is 1. The van der Waals surface area contributed by atoms with Crippen molar-refractivity contribution in [2.45, 2.75) is 96.5 Å². The maximum absolute atomic E-state index is 11.4. The van der Waals surface area contributed by atoms with E-state index in [2.05, 4.69) is 6.92 Å². The maximum atomic E-state index is 11.4. The minimum absolute atomic E-state index is 0.551. The number of unbranched alkanes of at least 4 members (excludes halogenated alkanes) is 11. The van der Waals surface area contributed by atoms with E-state index in [0.29, 0.717) is 17.2 Å². The van der Waals surface area contributed by atoms with Gasteiger partial charge >= 0.3 is 5.97 Å². The number of carboxylic acids is 1. The van der Waals surface area contributed by atoms with Crippen molar-refractivity contribution in [3.63, 3.8) is 0 Å². The van der Waals surface area contributed by atoms with E-state index in [-0.39, 0.29) is 0 Å². The first-order chi connectivity index (χ1) is 12.6. The van der Waals surface area contributed by atoms with E-state index in [1.54, 1.807) is 24.3 Å². The molecule has 1 aromatic rings. The van der Waals surface area contributed by atoms with Gasteiger partial charge < -0.3 is 9.84 Å². The number of ether oxygens (including phenoxy) is 1. The molecule has 4 heteroatoms. The van der Waals surface area contributed by atoms with Gasteiger partial charge in [0.15, 0.2) is 6.10 Å². The molecule has 26 heavy (non-hydrogen) atoms. The minimum atomic E-state index is -0.900. The average Bonchev–Trinajstić information content (AvgIpc) is 2.63. The summed E-state index contributed by atoms with van der Waals surface area (Å²) < 4.78 is 5.57. The van der Waals surface area contributed by atoms with Crippen LogP contribution in [0.2, 0.25) is 5.02 Å². The number of hydrogen-bond acceptors (Lipinski definition) is 2. The van der Waals surface area contributed by atoms with Crippen molar-refractivity contribution in [1.82, 2.24) is 0 Å². The fourth-order valence-electron chi connectivity index (χ4n) is 3.08. The molecule has 0 aliphatic rings. The predicted octanol–water partition coefficient (Wildman–Crippen LogP) is 7.26. The lowest BCUT2D eigenvalue weighted by molar-refractivity contribution is -0.145. The van der Waals surface area contributed by atoms with Crippen LogP contribution in [-0.2, 0) is 4.79 Å². The molecule has 0 saturated heterocycles. The van der Waals surface area contributed by atoms with Crippen molar-refractivity contribution in [2.24, 2.45) is 0 Å². The van der Waals surface area contributed by atoms with Crippen molar-refractivity contribution in [2.75, 3.05) is 0 Å². The smallest absolute Gasteiger partial charge is 0.344 e. The lowest BCUT2D eigenvalue weighted by atomic mass is 10.0. The fourth-order valence-corrected chi connectivity index (χ4v) is 3.21. The van der Waals surface area contributed by atoms with E-state index >= 15 is 0 Å². The Bertz CT molecular complexity index is 473. The third-order valence-corrected chi connectivity index (χ3v) is 4.94. The SMILES string of the molecule is CCCCCCCCCCCCCCC(Oc1ccc(Cl)cc1)C(=O)O. The van der Waals surface area contributed by atoms with Crippen LogP contribution in [0.25, 0.3) is 0 Å². The first-order valence-electron chi connectivity index (χ1n) is 10.3. The Morgan fingerprint density at radius 3 is 1.81 bits per heavy atom. The van der Waals surface area contributed by atoms with Crippen LogP contribution in [0.1, 0.15) is 90.4 Å². The number of carbonyl (C=O) groups is 1. The number of carboxylic acid groups (broad SMARTS) is 1. The minimum Gasteiger partial charge on any atom is -0.479 e. The summed E-state index contributed by atoms with van der Waals surface area (Å²) in [5.41, 5.74) is 0. The summed E-state index contributed by atoms with van der Waals surface area (Å²) in [6, 6.07) is 6.83. The third-order valence-electron chi connectivity index (χ3n) is 4.69. The largest absolute Gasteiger partial charge is 0.479 e. The number of aliphatic carboxylic acids is 1.